The number of aromatic nitrogens is 2. The minimum atomic E-state index is -0.186. The number of nitrogens with zero attached hydrogens (tertiary/aromatic N) is 1. The van der Waals surface area contributed by atoms with Gasteiger partial charge in [0.2, 0.25) is 0 Å². The van der Waals surface area contributed by atoms with Crippen molar-refractivity contribution in [3.8, 4) is 16.9 Å². The zero-order valence-corrected chi connectivity index (χ0v) is 14.7. The number of ether oxygens (including phenoxy) is 1. The third-order valence-electron chi connectivity index (χ3n) is 4.73. The first-order valence-electron chi connectivity index (χ1n) is 8.83. The lowest BCUT2D eigenvalue weighted by atomic mass is 10.0. The SMILES string of the molecule is CC(NCc1ccc(-c2ccc3c(c2)CCO3)cc1)c1ccc(=O)[nH]n1. The molecule has 0 amide bonds. The number of H-pyrrole nitrogens is 1. The molecule has 0 radical (unpaired) electrons. The van der Waals surface area contributed by atoms with Gasteiger partial charge < -0.3 is 10.1 Å². The van der Waals surface area contributed by atoms with E-state index in [0.717, 1.165) is 31.0 Å². The van der Waals surface area contributed by atoms with Crippen molar-refractivity contribution in [1.29, 1.82) is 0 Å². The van der Waals surface area contributed by atoms with Crippen LogP contribution < -0.4 is 15.6 Å². The maximum Gasteiger partial charge on any atom is 0.264 e. The van der Waals surface area contributed by atoms with Crippen molar-refractivity contribution in [3.05, 3.63) is 81.8 Å². The topological polar surface area (TPSA) is 67.0 Å². The van der Waals surface area contributed by atoms with Gasteiger partial charge in [-0.1, -0.05) is 30.3 Å². The number of hydrogen-bond donors (Lipinski definition) is 2. The zero-order valence-electron chi connectivity index (χ0n) is 14.7. The molecule has 2 aromatic carbocycles. The van der Waals surface area contributed by atoms with Crippen LogP contribution in [0.3, 0.4) is 0 Å². The van der Waals surface area contributed by atoms with E-state index in [4.69, 9.17) is 4.74 Å². The Balaban J connectivity index is 1.41. The highest BCUT2D eigenvalue weighted by Crippen LogP contribution is 2.30. The summed E-state index contributed by atoms with van der Waals surface area (Å²) in [7, 11) is 0. The summed E-state index contributed by atoms with van der Waals surface area (Å²) in [5.74, 6) is 1.01. The molecule has 1 aliphatic rings. The molecule has 0 bridgehead atoms. The first-order chi connectivity index (χ1) is 12.7. The molecule has 3 aromatic rings. The first kappa shape index (κ1) is 16.5. The Kier molecular flexibility index (Phi) is 4.54. The van der Waals surface area contributed by atoms with Crippen LogP contribution in [0.4, 0.5) is 0 Å². The van der Waals surface area contributed by atoms with Crippen LogP contribution in [0.15, 0.2) is 59.4 Å². The molecule has 1 aliphatic heterocycles. The highest BCUT2D eigenvalue weighted by atomic mass is 16.5. The summed E-state index contributed by atoms with van der Waals surface area (Å²) >= 11 is 0. The molecule has 0 aliphatic carbocycles. The number of nitrogens with one attached hydrogen (secondary N) is 2. The third-order valence-corrected chi connectivity index (χ3v) is 4.73. The van der Waals surface area contributed by atoms with Crippen LogP contribution >= 0.6 is 0 Å². The summed E-state index contributed by atoms with van der Waals surface area (Å²) in [5, 5.41) is 9.96. The Bertz CT molecular complexity index is 943. The second-order valence-electron chi connectivity index (χ2n) is 6.57. The smallest absolute Gasteiger partial charge is 0.264 e. The Morgan fingerprint density at radius 3 is 2.69 bits per heavy atom. The van der Waals surface area contributed by atoms with E-state index in [9.17, 15) is 4.79 Å². The molecule has 1 atom stereocenters. The van der Waals surface area contributed by atoms with Gasteiger partial charge >= 0.3 is 0 Å². The lowest BCUT2D eigenvalue weighted by molar-refractivity contribution is 0.357. The van der Waals surface area contributed by atoms with E-state index in [-0.39, 0.29) is 11.6 Å². The summed E-state index contributed by atoms with van der Waals surface area (Å²) in [6.07, 6.45) is 0.988. The van der Waals surface area contributed by atoms with Crippen LogP contribution in [0.2, 0.25) is 0 Å². The van der Waals surface area contributed by atoms with E-state index >= 15 is 0 Å². The van der Waals surface area contributed by atoms with Crippen molar-refractivity contribution >= 4 is 0 Å². The molecule has 5 heteroatoms. The molecule has 0 saturated carbocycles. The highest BCUT2D eigenvalue weighted by molar-refractivity contribution is 5.66. The minimum absolute atomic E-state index is 0.0586. The van der Waals surface area contributed by atoms with Gasteiger partial charge in [-0.3, -0.25) is 4.79 Å². The molecule has 132 valence electrons. The molecule has 4 rings (SSSR count). The summed E-state index contributed by atoms with van der Waals surface area (Å²) in [6.45, 7) is 3.55. The van der Waals surface area contributed by atoms with E-state index in [1.165, 1.54) is 28.3 Å². The van der Waals surface area contributed by atoms with Crippen molar-refractivity contribution < 1.29 is 4.74 Å². The van der Waals surface area contributed by atoms with Gasteiger partial charge in [-0.25, -0.2) is 5.10 Å². The molecule has 26 heavy (non-hydrogen) atoms. The second kappa shape index (κ2) is 7.14. The van der Waals surface area contributed by atoms with Gasteiger partial charge in [-0.15, -0.1) is 0 Å². The molecule has 0 saturated heterocycles. The summed E-state index contributed by atoms with van der Waals surface area (Å²) in [4.78, 5) is 11.1. The van der Waals surface area contributed by atoms with Gasteiger partial charge in [0.1, 0.15) is 5.75 Å². The lowest BCUT2D eigenvalue weighted by Gasteiger charge is -2.13. The average Bonchev–Trinajstić information content (AvgIpc) is 3.15. The van der Waals surface area contributed by atoms with Gasteiger partial charge in [0.05, 0.1) is 12.3 Å². The normalized spacial score (nSPS) is 13.9. The van der Waals surface area contributed by atoms with Crippen molar-refractivity contribution in [2.75, 3.05) is 6.61 Å². The fourth-order valence-corrected chi connectivity index (χ4v) is 3.15. The summed E-state index contributed by atoms with van der Waals surface area (Å²) in [6, 6.07) is 18.3. The van der Waals surface area contributed by atoms with Gasteiger partial charge in [-0.05, 0) is 47.4 Å². The molecule has 1 unspecified atom stereocenters. The highest BCUT2D eigenvalue weighted by Gasteiger charge is 2.12. The molecule has 0 fully saturated rings. The Morgan fingerprint density at radius 1 is 1.12 bits per heavy atom. The molecule has 2 N–H and O–H groups in total. The standard InChI is InChI=1S/C21H21N3O2/c1-14(19-7-9-21(25)24-23-19)22-13-15-2-4-16(5-3-15)17-6-8-20-18(12-17)10-11-26-20/h2-9,12,14,22H,10-11,13H2,1H3,(H,24,25). The van der Waals surface area contributed by atoms with E-state index < -0.39 is 0 Å². The van der Waals surface area contributed by atoms with E-state index in [1.54, 1.807) is 6.07 Å². The third kappa shape index (κ3) is 3.53. The van der Waals surface area contributed by atoms with Gasteiger partial charge in [0.15, 0.2) is 0 Å². The van der Waals surface area contributed by atoms with Crippen LogP contribution in [0, 0.1) is 0 Å². The summed E-state index contributed by atoms with van der Waals surface area (Å²) < 4.78 is 5.57. The lowest BCUT2D eigenvalue weighted by Crippen LogP contribution is -2.21. The largest absolute Gasteiger partial charge is 0.493 e. The zero-order chi connectivity index (χ0) is 17.9. The monoisotopic (exact) mass is 347 g/mol. The number of hydrogen-bond acceptors (Lipinski definition) is 4. The van der Waals surface area contributed by atoms with Crippen molar-refractivity contribution in [2.24, 2.45) is 0 Å². The van der Waals surface area contributed by atoms with Crippen LogP contribution in [0.5, 0.6) is 5.75 Å². The maximum atomic E-state index is 11.1. The van der Waals surface area contributed by atoms with Gasteiger partial charge in [-0.2, -0.15) is 5.10 Å². The maximum absolute atomic E-state index is 11.1. The Labute approximate surface area is 152 Å². The molecule has 0 spiro atoms. The van der Waals surface area contributed by atoms with E-state index in [2.05, 4.69) is 58.0 Å². The fourth-order valence-electron chi connectivity index (χ4n) is 3.15. The number of benzene rings is 2. The van der Waals surface area contributed by atoms with Crippen molar-refractivity contribution in [3.63, 3.8) is 0 Å². The molecule has 2 heterocycles. The van der Waals surface area contributed by atoms with Crippen molar-refractivity contribution in [1.82, 2.24) is 15.5 Å². The fraction of sp³-hybridized carbons (Fsp3) is 0.238. The summed E-state index contributed by atoms with van der Waals surface area (Å²) in [5.41, 5.74) is 5.56. The second-order valence-corrected chi connectivity index (χ2v) is 6.57. The van der Waals surface area contributed by atoms with Crippen LogP contribution in [0.25, 0.3) is 11.1 Å². The van der Waals surface area contributed by atoms with Crippen LogP contribution in [0.1, 0.15) is 29.8 Å². The Hall–Kier alpha value is -2.92. The van der Waals surface area contributed by atoms with E-state index in [0.29, 0.717) is 0 Å². The number of aromatic amines is 1. The quantitative estimate of drug-likeness (QED) is 0.744. The molecular formula is C21H21N3O2. The first-order valence-corrected chi connectivity index (χ1v) is 8.83. The minimum Gasteiger partial charge on any atom is -0.493 e. The number of rotatable bonds is 5. The predicted molar refractivity (Wildman–Crippen MR) is 101 cm³/mol. The van der Waals surface area contributed by atoms with Gasteiger partial charge in [0.25, 0.3) is 5.56 Å². The Morgan fingerprint density at radius 2 is 1.92 bits per heavy atom. The molecule has 5 nitrogen and oxygen atoms in total. The van der Waals surface area contributed by atoms with Gasteiger partial charge in [0, 0.05) is 25.1 Å². The molecule has 1 aromatic heterocycles. The molecular weight excluding hydrogens is 326 g/mol. The van der Waals surface area contributed by atoms with E-state index in [1.807, 2.05) is 6.92 Å². The average molecular weight is 347 g/mol. The van der Waals surface area contributed by atoms with Crippen LogP contribution in [-0.4, -0.2) is 16.8 Å². The van der Waals surface area contributed by atoms with Crippen molar-refractivity contribution in [2.45, 2.75) is 25.9 Å². The predicted octanol–water partition coefficient (Wildman–Crippen LogP) is 3.22. The van der Waals surface area contributed by atoms with Crippen LogP contribution in [-0.2, 0) is 13.0 Å². The number of fused-ring (bicyclic) bond motifs is 1.